The maximum Gasteiger partial charge on any atom is 0.224 e. The number of Topliss-reactive ketones (excluding diaryl/α,β-unsaturated/α-hetero) is 1. The van der Waals surface area contributed by atoms with Gasteiger partial charge in [-0.3, -0.25) is 14.5 Å². The quantitative estimate of drug-likeness (QED) is 0.450. The van der Waals surface area contributed by atoms with Crippen molar-refractivity contribution in [1.82, 2.24) is 4.90 Å². The maximum atomic E-state index is 13.7. The zero-order valence-electron chi connectivity index (χ0n) is 20.0. The van der Waals surface area contributed by atoms with Gasteiger partial charge in [-0.2, -0.15) is 0 Å². The van der Waals surface area contributed by atoms with Gasteiger partial charge in [-0.25, -0.2) is 0 Å². The summed E-state index contributed by atoms with van der Waals surface area (Å²) in [6.45, 7) is 7.06. The maximum absolute atomic E-state index is 13.7. The van der Waals surface area contributed by atoms with E-state index < -0.39 is 0 Å². The molecule has 178 valence electrons. The number of nitrogens with one attached hydrogen (secondary N) is 1. The van der Waals surface area contributed by atoms with Gasteiger partial charge in [0, 0.05) is 36.7 Å². The summed E-state index contributed by atoms with van der Waals surface area (Å²) in [4.78, 5) is 28.2. The van der Waals surface area contributed by atoms with Crippen molar-refractivity contribution in [3.05, 3.63) is 64.2 Å². The van der Waals surface area contributed by atoms with E-state index in [2.05, 4.69) is 60.5 Å². The van der Waals surface area contributed by atoms with Crippen LogP contribution in [0.3, 0.4) is 0 Å². The Kier molecular flexibility index (Phi) is 9.10. The average Bonchev–Trinajstić information content (AvgIpc) is 2.79. The van der Waals surface area contributed by atoms with E-state index in [1.807, 2.05) is 0 Å². The number of unbranched alkanes of at least 4 members (excludes halogenated alkanes) is 3. The van der Waals surface area contributed by atoms with Gasteiger partial charge in [-0.1, -0.05) is 56.5 Å². The molecule has 4 nitrogen and oxygen atoms in total. The van der Waals surface area contributed by atoms with Gasteiger partial charge in [0.05, 0.1) is 0 Å². The fraction of sp³-hybridized carbons (Fsp3) is 0.500. The average molecular weight is 469 g/mol. The number of carbonyl (C=O) groups is 2. The number of amides is 1. The molecule has 1 atom stereocenters. The molecule has 0 aromatic heterocycles. The predicted molar refractivity (Wildman–Crippen MR) is 137 cm³/mol. The van der Waals surface area contributed by atoms with Crippen LogP contribution in [-0.4, -0.2) is 29.7 Å². The standard InChI is InChI=1S/C28H36N2O2.ClH/c1-3-4-5-9-16-30(18-21-10-7-6-8-11-21)19-22-12-13-23-20(2)17-25-24(27(23)28(22)32)14-15-26(31)29-25;/h6-8,10-11,17,22H,3-5,9,12-16,18-19H2,1-2H3,(H,29,31);1H. The van der Waals surface area contributed by atoms with Crippen LogP contribution in [0.15, 0.2) is 36.4 Å². The number of anilines is 1. The molecule has 33 heavy (non-hydrogen) atoms. The highest BCUT2D eigenvalue weighted by Gasteiger charge is 2.34. The van der Waals surface area contributed by atoms with Crippen molar-refractivity contribution in [2.75, 3.05) is 18.4 Å². The second-order valence-electron chi connectivity index (χ2n) is 9.50. The first kappa shape index (κ1) is 25.5. The summed E-state index contributed by atoms with van der Waals surface area (Å²) in [5.41, 5.74) is 6.49. The lowest BCUT2D eigenvalue weighted by molar-refractivity contribution is -0.116. The Morgan fingerprint density at radius 1 is 1.00 bits per heavy atom. The topological polar surface area (TPSA) is 49.4 Å². The van der Waals surface area contributed by atoms with Crippen LogP contribution in [0, 0.1) is 12.8 Å². The minimum Gasteiger partial charge on any atom is -0.326 e. The molecule has 1 amide bonds. The Labute approximate surface area is 204 Å². The number of nitrogens with zero attached hydrogens (tertiary/aromatic N) is 1. The van der Waals surface area contributed by atoms with Crippen molar-refractivity contribution in [3.63, 3.8) is 0 Å². The summed E-state index contributed by atoms with van der Waals surface area (Å²) in [6.07, 6.45) is 7.94. The number of hydrogen-bond acceptors (Lipinski definition) is 3. The molecule has 2 aliphatic rings. The van der Waals surface area contributed by atoms with Gasteiger partial charge in [-0.05, 0) is 67.5 Å². The van der Waals surface area contributed by atoms with Crippen molar-refractivity contribution in [3.8, 4) is 0 Å². The second-order valence-corrected chi connectivity index (χ2v) is 9.50. The fourth-order valence-electron chi connectivity index (χ4n) is 5.33. The van der Waals surface area contributed by atoms with Gasteiger partial charge in [0.25, 0.3) is 0 Å². The Hall–Kier alpha value is -2.17. The first-order chi connectivity index (χ1) is 15.6. The van der Waals surface area contributed by atoms with Crippen molar-refractivity contribution >= 4 is 29.8 Å². The fourth-order valence-corrected chi connectivity index (χ4v) is 5.33. The second kappa shape index (κ2) is 11.8. The zero-order chi connectivity index (χ0) is 22.5. The molecule has 2 aromatic rings. The molecule has 0 saturated carbocycles. The van der Waals surface area contributed by atoms with Crippen LogP contribution in [0.25, 0.3) is 0 Å². The predicted octanol–water partition coefficient (Wildman–Crippen LogP) is 6.13. The summed E-state index contributed by atoms with van der Waals surface area (Å²) < 4.78 is 0. The summed E-state index contributed by atoms with van der Waals surface area (Å²) in [5, 5.41) is 3.00. The van der Waals surface area contributed by atoms with Crippen molar-refractivity contribution in [2.24, 2.45) is 5.92 Å². The van der Waals surface area contributed by atoms with E-state index in [0.29, 0.717) is 12.8 Å². The smallest absolute Gasteiger partial charge is 0.224 e. The van der Waals surface area contributed by atoms with E-state index in [4.69, 9.17) is 0 Å². The van der Waals surface area contributed by atoms with Crippen LogP contribution in [0.1, 0.15) is 78.1 Å². The van der Waals surface area contributed by atoms with Crippen molar-refractivity contribution in [1.29, 1.82) is 0 Å². The summed E-state index contributed by atoms with van der Waals surface area (Å²) in [7, 11) is 0. The van der Waals surface area contributed by atoms with E-state index in [-0.39, 0.29) is 30.0 Å². The molecule has 1 unspecified atom stereocenters. The molecule has 1 N–H and O–H groups in total. The van der Waals surface area contributed by atoms with Crippen LogP contribution >= 0.6 is 12.4 Å². The Balaban J connectivity index is 0.00000306. The molecular weight excluding hydrogens is 432 g/mol. The first-order valence-corrected chi connectivity index (χ1v) is 12.3. The molecule has 0 saturated heterocycles. The number of benzene rings is 2. The third kappa shape index (κ3) is 6.04. The number of hydrogen-bond donors (Lipinski definition) is 1. The number of rotatable bonds is 9. The van der Waals surface area contributed by atoms with Gasteiger partial charge in [0.15, 0.2) is 5.78 Å². The minimum absolute atomic E-state index is 0. The monoisotopic (exact) mass is 468 g/mol. The highest BCUT2D eigenvalue weighted by atomic mass is 35.5. The lowest BCUT2D eigenvalue weighted by atomic mass is 9.76. The molecule has 4 rings (SSSR count). The highest BCUT2D eigenvalue weighted by Crippen LogP contribution is 2.37. The normalized spacial score (nSPS) is 17.2. The lowest BCUT2D eigenvalue weighted by Crippen LogP contribution is -2.37. The number of aryl methyl sites for hydroxylation is 1. The summed E-state index contributed by atoms with van der Waals surface area (Å²) in [5.74, 6) is 0.368. The molecule has 2 aromatic carbocycles. The molecule has 0 radical (unpaired) electrons. The third-order valence-electron chi connectivity index (χ3n) is 7.06. The summed E-state index contributed by atoms with van der Waals surface area (Å²) >= 11 is 0. The highest BCUT2D eigenvalue weighted by molar-refractivity contribution is 6.05. The molecule has 1 aliphatic carbocycles. The van der Waals surface area contributed by atoms with E-state index in [1.54, 1.807) is 0 Å². The molecular formula is C28H37ClN2O2. The van der Waals surface area contributed by atoms with Gasteiger partial charge in [0.2, 0.25) is 5.91 Å². The largest absolute Gasteiger partial charge is 0.326 e. The first-order valence-electron chi connectivity index (χ1n) is 12.3. The van der Waals surface area contributed by atoms with Crippen LogP contribution in [-0.2, 0) is 24.2 Å². The number of halogens is 1. The molecule has 1 heterocycles. The Morgan fingerprint density at radius 2 is 1.79 bits per heavy atom. The van der Waals surface area contributed by atoms with Gasteiger partial charge in [0.1, 0.15) is 0 Å². The van der Waals surface area contributed by atoms with E-state index >= 15 is 0 Å². The molecule has 0 bridgehead atoms. The van der Waals surface area contributed by atoms with E-state index in [9.17, 15) is 9.59 Å². The van der Waals surface area contributed by atoms with Gasteiger partial charge < -0.3 is 5.32 Å². The van der Waals surface area contributed by atoms with Gasteiger partial charge >= 0.3 is 0 Å². The zero-order valence-corrected chi connectivity index (χ0v) is 20.8. The molecule has 1 aliphatic heterocycles. The van der Waals surface area contributed by atoms with Crippen LogP contribution in [0.5, 0.6) is 0 Å². The van der Waals surface area contributed by atoms with Crippen LogP contribution in [0.2, 0.25) is 0 Å². The molecule has 0 fully saturated rings. The summed E-state index contributed by atoms with van der Waals surface area (Å²) in [6, 6.07) is 12.7. The van der Waals surface area contributed by atoms with E-state index in [0.717, 1.165) is 54.9 Å². The third-order valence-corrected chi connectivity index (χ3v) is 7.06. The number of carbonyl (C=O) groups excluding carboxylic acids is 2. The van der Waals surface area contributed by atoms with Gasteiger partial charge in [-0.15, -0.1) is 12.4 Å². The molecule has 0 spiro atoms. The number of ketones is 1. The SMILES string of the molecule is CCCCCCN(Cc1ccccc1)CC1CCc2c(C)cc3c(c2C1=O)CCC(=O)N3.Cl. The van der Waals surface area contributed by atoms with Crippen molar-refractivity contribution < 1.29 is 9.59 Å². The number of fused-ring (bicyclic) bond motifs is 3. The van der Waals surface area contributed by atoms with E-state index in [1.165, 1.54) is 36.8 Å². The lowest BCUT2D eigenvalue weighted by Gasteiger charge is -2.33. The van der Waals surface area contributed by atoms with Crippen molar-refractivity contribution in [2.45, 2.75) is 71.8 Å². The minimum atomic E-state index is 0. The van der Waals surface area contributed by atoms with Crippen LogP contribution in [0.4, 0.5) is 5.69 Å². The molecule has 5 heteroatoms. The van der Waals surface area contributed by atoms with Crippen LogP contribution < -0.4 is 5.32 Å². The Bertz CT molecular complexity index is 974. The Morgan fingerprint density at radius 3 is 2.55 bits per heavy atom.